The number of hydrogen-bond acceptors (Lipinski definition) is 3. The van der Waals surface area contributed by atoms with E-state index in [1.165, 1.54) is 56.2 Å². The van der Waals surface area contributed by atoms with Gasteiger partial charge in [-0.1, -0.05) is 31.7 Å². The van der Waals surface area contributed by atoms with Crippen LogP contribution in [-0.4, -0.2) is 6.04 Å². The second kappa shape index (κ2) is 7.14. The SMILES string of the molecule is NNC(CCCc1cccs1)CC1CCCC1. The van der Waals surface area contributed by atoms with Gasteiger partial charge in [0.25, 0.3) is 0 Å². The zero-order valence-corrected chi connectivity index (χ0v) is 11.3. The lowest BCUT2D eigenvalue weighted by molar-refractivity contribution is 0.369. The number of hydrogen-bond donors (Lipinski definition) is 2. The quantitative estimate of drug-likeness (QED) is 0.576. The standard InChI is InChI=1S/C14H24N2S/c15-16-13(11-12-5-1-2-6-12)7-3-8-14-9-4-10-17-14/h4,9-10,12-13,16H,1-3,5-8,11,15H2. The molecule has 1 saturated carbocycles. The Hall–Kier alpha value is -0.380. The lowest BCUT2D eigenvalue weighted by Crippen LogP contribution is -2.36. The second-order valence-corrected chi connectivity index (χ2v) is 6.25. The van der Waals surface area contributed by atoms with Gasteiger partial charge >= 0.3 is 0 Å². The Bertz CT molecular complexity index is 291. The van der Waals surface area contributed by atoms with Gasteiger partial charge in [0.15, 0.2) is 0 Å². The van der Waals surface area contributed by atoms with E-state index in [-0.39, 0.29) is 0 Å². The summed E-state index contributed by atoms with van der Waals surface area (Å²) in [7, 11) is 0. The maximum Gasteiger partial charge on any atom is 0.0213 e. The smallest absolute Gasteiger partial charge is 0.0213 e. The molecule has 17 heavy (non-hydrogen) atoms. The number of hydrazine groups is 1. The first kappa shape index (κ1) is 13.1. The third-order valence-electron chi connectivity index (χ3n) is 3.88. The van der Waals surface area contributed by atoms with Gasteiger partial charge in [0.1, 0.15) is 0 Å². The molecule has 0 bridgehead atoms. The average molecular weight is 252 g/mol. The average Bonchev–Trinajstić information content (AvgIpc) is 3.00. The van der Waals surface area contributed by atoms with E-state index in [0.29, 0.717) is 6.04 Å². The summed E-state index contributed by atoms with van der Waals surface area (Å²) in [5.41, 5.74) is 3.01. The monoisotopic (exact) mass is 252 g/mol. The summed E-state index contributed by atoms with van der Waals surface area (Å²) in [6.07, 6.45) is 10.6. The van der Waals surface area contributed by atoms with Gasteiger partial charge in [-0.25, -0.2) is 0 Å². The van der Waals surface area contributed by atoms with Gasteiger partial charge < -0.3 is 0 Å². The van der Waals surface area contributed by atoms with Crippen molar-refractivity contribution in [1.82, 2.24) is 5.43 Å². The second-order valence-electron chi connectivity index (χ2n) is 5.22. The first-order valence-electron chi connectivity index (χ1n) is 6.87. The van der Waals surface area contributed by atoms with Crippen LogP contribution in [0.4, 0.5) is 0 Å². The lowest BCUT2D eigenvalue weighted by Gasteiger charge is -2.19. The Morgan fingerprint density at radius 3 is 2.88 bits per heavy atom. The van der Waals surface area contributed by atoms with Crippen LogP contribution in [0.3, 0.4) is 0 Å². The molecule has 1 aromatic rings. The molecule has 1 aromatic heterocycles. The Morgan fingerprint density at radius 1 is 1.41 bits per heavy atom. The highest BCUT2D eigenvalue weighted by molar-refractivity contribution is 7.09. The van der Waals surface area contributed by atoms with Crippen molar-refractivity contribution < 1.29 is 0 Å². The Balaban J connectivity index is 1.64. The molecule has 2 nitrogen and oxygen atoms in total. The largest absolute Gasteiger partial charge is 0.271 e. The van der Waals surface area contributed by atoms with Crippen LogP contribution >= 0.6 is 11.3 Å². The number of aryl methyl sites for hydroxylation is 1. The molecule has 2 rings (SSSR count). The fourth-order valence-corrected chi connectivity index (χ4v) is 3.65. The van der Waals surface area contributed by atoms with Gasteiger partial charge in [0.2, 0.25) is 0 Å². The Morgan fingerprint density at radius 2 is 2.24 bits per heavy atom. The highest BCUT2D eigenvalue weighted by Gasteiger charge is 2.19. The van der Waals surface area contributed by atoms with Crippen LogP contribution in [0.1, 0.15) is 49.8 Å². The molecule has 0 spiro atoms. The van der Waals surface area contributed by atoms with E-state index in [1.54, 1.807) is 0 Å². The lowest BCUT2D eigenvalue weighted by atomic mass is 9.95. The summed E-state index contributed by atoms with van der Waals surface area (Å²) in [5.74, 6) is 6.59. The highest BCUT2D eigenvalue weighted by atomic mass is 32.1. The molecule has 0 amide bonds. The van der Waals surface area contributed by atoms with Crippen LogP contribution in [0.2, 0.25) is 0 Å². The molecule has 0 aliphatic heterocycles. The number of thiophene rings is 1. The Kier molecular flexibility index (Phi) is 5.49. The molecule has 1 atom stereocenters. The zero-order chi connectivity index (χ0) is 11.9. The van der Waals surface area contributed by atoms with Crippen LogP contribution in [0.25, 0.3) is 0 Å². The summed E-state index contributed by atoms with van der Waals surface area (Å²) >= 11 is 1.86. The van der Waals surface area contributed by atoms with Crippen LogP contribution in [0.5, 0.6) is 0 Å². The van der Waals surface area contributed by atoms with E-state index in [4.69, 9.17) is 5.84 Å². The molecule has 1 unspecified atom stereocenters. The fourth-order valence-electron chi connectivity index (χ4n) is 2.90. The predicted octanol–water partition coefficient (Wildman–Crippen LogP) is 3.48. The van der Waals surface area contributed by atoms with E-state index >= 15 is 0 Å². The van der Waals surface area contributed by atoms with Crippen LogP contribution < -0.4 is 11.3 Å². The molecule has 3 N–H and O–H groups in total. The van der Waals surface area contributed by atoms with Gasteiger partial charge in [0.05, 0.1) is 0 Å². The van der Waals surface area contributed by atoms with Gasteiger partial charge in [0, 0.05) is 10.9 Å². The van der Waals surface area contributed by atoms with Crippen LogP contribution in [0, 0.1) is 5.92 Å². The predicted molar refractivity (Wildman–Crippen MR) is 74.9 cm³/mol. The minimum absolute atomic E-state index is 0.526. The molecule has 1 aliphatic rings. The van der Waals surface area contributed by atoms with E-state index in [0.717, 1.165) is 5.92 Å². The summed E-state index contributed by atoms with van der Waals surface area (Å²) in [6.45, 7) is 0. The molecule has 3 heteroatoms. The van der Waals surface area contributed by atoms with Crippen LogP contribution in [0.15, 0.2) is 17.5 Å². The van der Waals surface area contributed by atoms with Gasteiger partial charge in [-0.05, 0) is 43.0 Å². The normalized spacial score (nSPS) is 18.6. The molecule has 1 fully saturated rings. The molecular formula is C14H24N2S. The summed E-state index contributed by atoms with van der Waals surface area (Å²) in [5, 5.41) is 2.16. The minimum atomic E-state index is 0.526. The van der Waals surface area contributed by atoms with Crippen molar-refractivity contribution in [3.63, 3.8) is 0 Å². The molecule has 1 aliphatic carbocycles. The molecular weight excluding hydrogens is 228 g/mol. The minimum Gasteiger partial charge on any atom is -0.271 e. The Labute approximate surface area is 109 Å². The molecule has 0 saturated heterocycles. The molecule has 0 aromatic carbocycles. The molecule has 0 radical (unpaired) electrons. The van der Waals surface area contributed by atoms with Gasteiger partial charge in [-0.15, -0.1) is 11.3 Å². The van der Waals surface area contributed by atoms with Gasteiger partial charge in [-0.3, -0.25) is 11.3 Å². The zero-order valence-electron chi connectivity index (χ0n) is 10.5. The van der Waals surface area contributed by atoms with E-state index in [1.807, 2.05) is 11.3 Å². The number of rotatable bonds is 7. The van der Waals surface area contributed by atoms with Crippen molar-refractivity contribution in [2.24, 2.45) is 11.8 Å². The highest BCUT2D eigenvalue weighted by Crippen LogP contribution is 2.29. The van der Waals surface area contributed by atoms with Crippen LogP contribution in [-0.2, 0) is 6.42 Å². The van der Waals surface area contributed by atoms with Gasteiger partial charge in [-0.2, -0.15) is 0 Å². The van der Waals surface area contributed by atoms with Crippen molar-refractivity contribution in [2.45, 2.75) is 57.4 Å². The van der Waals surface area contributed by atoms with E-state index in [9.17, 15) is 0 Å². The summed E-state index contributed by atoms with van der Waals surface area (Å²) in [4.78, 5) is 1.50. The first-order valence-corrected chi connectivity index (χ1v) is 7.75. The molecule has 96 valence electrons. The summed E-state index contributed by atoms with van der Waals surface area (Å²) < 4.78 is 0. The first-order chi connectivity index (χ1) is 8.38. The van der Waals surface area contributed by atoms with Crippen molar-refractivity contribution >= 4 is 11.3 Å². The maximum atomic E-state index is 5.66. The van der Waals surface area contributed by atoms with Crippen molar-refractivity contribution in [2.75, 3.05) is 0 Å². The third-order valence-corrected chi connectivity index (χ3v) is 4.82. The summed E-state index contributed by atoms with van der Waals surface area (Å²) in [6, 6.07) is 4.89. The molecule has 1 heterocycles. The van der Waals surface area contributed by atoms with Crippen molar-refractivity contribution in [3.05, 3.63) is 22.4 Å². The van der Waals surface area contributed by atoms with Crippen molar-refractivity contribution in [1.29, 1.82) is 0 Å². The fraction of sp³-hybridized carbons (Fsp3) is 0.714. The van der Waals surface area contributed by atoms with Crippen molar-refractivity contribution in [3.8, 4) is 0 Å². The number of nitrogens with two attached hydrogens (primary N) is 1. The number of nitrogens with one attached hydrogen (secondary N) is 1. The maximum absolute atomic E-state index is 5.66. The topological polar surface area (TPSA) is 38.0 Å². The van der Waals surface area contributed by atoms with E-state index < -0.39 is 0 Å². The van der Waals surface area contributed by atoms with E-state index in [2.05, 4.69) is 22.9 Å². The third kappa shape index (κ3) is 4.41.